The van der Waals surface area contributed by atoms with Crippen molar-refractivity contribution in [1.82, 2.24) is 9.80 Å². The van der Waals surface area contributed by atoms with Crippen molar-refractivity contribution in [2.24, 2.45) is 11.8 Å². The zero-order valence-corrected chi connectivity index (χ0v) is 14.2. The van der Waals surface area contributed by atoms with Gasteiger partial charge in [-0.1, -0.05) is 6.92 Å². The van der Waals surface area contributed by atoms with Gasteiger partial charge in [0.15, 0.2) is 0 Å². The minimum Gasteiger partial charge on any atom is -0.481 e. The van der Waals surface area contributed by atoms with E-state index >= 15 is 0 Å². The molecule has 1 amide bonds. The first-order valence-corrected chi connectivity index (χ1v) is 7.94. The van der Waals surface area contributed by atoms with Crippen molar-refractivity contribution in [3.8, 4) is 0 Å². The maximum atomic E-state index is 12.7. The maximum absolute atomic E-state index is 12.7. The van der Waals surface area contributed by atoms with E-state index in [4.69, 9.17) is 0 Å². The summed E-state index contributed by atoms with van der Waals surface area (Å²) in [4.78, 5) is 27.9. The molecule has 5 nitrogen and oxygen atoms in total. The van der Waals surface area contributed by atoms with Crippen LogP contribution in [0.1, 0.15) is 48.0 Å². The molecular weight excluding hydrogens is 268 g/mol. The molecule has 1 heterocycles. The van der Waals surface area contributed by atoms with Crippen LogP contribution in [0, 0.1) is 11.8 Å². The van der Waals surface area contributed by atoms with Crippen molar-refractivity contribution in [2.75, 3.05) is 13.1 Å². The van der Waals surface area contributed by atoms with E-state index in [2.05, 4.69) is 6.92 Å². The van der Waals surface area contributed by atoms with Gasteiger partial charge in [0.25, 0.3) is 0 Å². The summed E-state index contributed by atoms with van der Waals surface area (Å²) in [7, 11) is 0. The molecule has 1 rings (SSSR count). The molecule has 3 atom stereocenters. The second kappa shape index (κ2) is 7.25. The molecule has 1 fully saturated rings. The van der Waals surface area contributed by atoms with Gasteiger partial charge in [0, 0.05) is 25.2 Å². The number of hydrogen-bond donors (Lipinski definition) is 1. The zero-order chi connectivity index (χ0) is 16.3. The summed E-state index contributed by atoms with van der Waals surface area (Å²) in [5.41, 5.74) is 0. The van der Waals surface area contributed by atoms with Gasteiger partial charge in [0.05, 0.1) is 12.0 Å². The van der Waals surface area contributed by atoms with Gasteiger partial charge < -0.3 is 10.0 Å². The Hall–Kier alpha value is -1.10. The average molecular weight is 298 g/mol. The molecule has 0 aromatic carbocycles. The normalized spacial score (nSPS) is 25.1. The van der Waals surface area contributed by atoms with Crippen molar-refractivity contribution in [3.05, 3.63) is 0 Å². The molecule has 0 aliphatic carbocycles. The van der Waals surface area contributed by atoms with E-state index in [-0.39, 0.29) is 30.0 Å². The van der Waals surface area contributed by atoms with Gasteiger partial charge in [-0.2, -0.15) is 0 Å². The van der Waals surface area contributed by atoms with Crippen LogP contribution in [0.15, 0.2) is 0 Å². The van der Waals surface area contributed by atoms with Crippen LogP contribution in [-0.4, -0.2) is 58.0 Å². The quantitative estimate of drug-likeness (QED) is 0.844. The van der Waals surface area contributed by atoms with Crippen LogP contribution in [0.25, 0.3) is 0 Å². The molecule has 0 radical (unpaired) electrons. The summed E-state index contributed by atoms with van der Waals surface area (Å²) < 4.78 is 0. The van der Waals surface area contributed by atoms with Gasteiger partial charge >= 0.3 is 5.97 Å². The fourth-order valence-corrected chi connectivity index (χ4v) is 3.37. The number of piperidine rings is 1. The highest BCUT2D eigenvalue weighted by atomic mass is 16.4. The number of aliphatic carboxylic acids is 1. The third-order valence-electron chi connectivity index (χ3n) is 4.31. The average Bonchev–Trinajstić information content (AvgIpc) is 2.35. The minimum absolute atomic E-state index is 0.0956. The Kier molecular flexibility index (Phi) is 6.20. The number of carboxylic acids is 1. The van der Waals surface area contributed by atoms with Crippen molar-refractivity contribution in [1.29, 1.82) is 0 Å². The number of likely N-dealkylation sites (tertiary alicyclic amines) is 1. The Morgan fingerprint density at radius 3 is 2.05 bits per heavy atom. The summed E-state index contributed by atoms with van der Waals surface area (Å²) in [6.45, 7) is 13.3. The van der Waals surface area contributed by atoms with Gasteiger partial charge in [-0.05, 0) is 47.0 Å². The van der Waals surface area contributed by atoms with Gasteiger partial charge in [-0.3, -0.25) is 14.5 Å². The summed E-state index contributed by atoms with van der Waals surface area (Å²) >= 11 is 0. The minimum atomic E-state index is -0.754. The smallest absolute Gasteiger partial charge is 0.307 e. The summed E-state index contributed by atoms with van der Waals surface area (Å²) in [5, 5.41) is 9.26. The lowest BCUT2D eigenvalue weighted by molar-refractivity contribution is -0.148. The van der Waals surface area contributed by atoms with Gasteiger partial charge in [-0.15, -0.1) is 0 Å². The molecule has 0 spiro atoms. The molecule has 122 valence electrons. The van der Waals surface area contributed by atoms with Crippen LogP contribution >= 0.6 is 0 Å². The van der Waals surface area contributed by atoms with Crippen molar-refractivity contribution in [2.45, 2.75) is 66.1 Å². The van der Waals surface area contributed by atoms with E-state index in [1.807, 2.05) is 44.4 Å². The molecule has 0 aromatic heterocycles. The Bertz CT molecular complexity index is 374. The third kappa shape index (κ3) is 4.43. The standard InChI is InChI=1S/C16H30N2O3/c1-10(2)18(11(3)4)15(19)13(6)17-8-12(5)7-14(9-17)16(20)21/h10-14H,7-9H2,1-6H3,(H,20,21). The molecule has 21 heavy (non-hydrogen) atoms. The lowest BCUT2D eigenvalue weighted by Crippen LogP contribution is -2.55. The van der Waals surface area contributed by atoms with E-state index in [1.54, 1.807) is 0 Å². The molecular formula is C16H30N2O3. The highest BCUT2D eigenvalue weighted by Crippen LogP contribution is 2.24. The summed E-state index contributed by atoms with van der Waals surface area (Å²) in [6, 6.07) is 0.0364. The number of carboxylic acid groups (broad SMARTS) is 1. The van der Waals surface area contributed by atoms with E-state index in [9.17, 15) is 14.7 Å². The van der Waals surface area contributed by atoms with E-state index in [1.165, 1.54) is 0 Å². The first kappa shape index (κ1) is 18.0. The van der Waals surface area contributed by atoms with Gasteiger partial charge in [0.2, 0.25) is 5.91 Å². The SMILES string of the molecule is CC1CC(C(=O)O)CN(C(C)C(=O)N(C(C)C)C(C)C)C1. The van der Waals surface area contributed by atoms with E-state index < -0.39 is 5.97 Å². The number of rotatable bonds is 5. The lowest BCUT2D eigenvalue weighted by atomic mass is 9.89. The summed E-state index contributed by atoms with van der Waals surface area (Å²) in [5.74, 6) is -0.716. The second-order valence-corrected chi connectivity index (χ2v) is 6.94. The molecule has 0 aromatic rings. The highest BCUT2D eigenvalue weighted by Gasteiger charge is 2.36. The van der Waals surface area contributed by atoms with Crippen LogP contribution in [0.5, 0.6) is 0 Å². The predicted octanol–water partition coefficient (Wildman–Crippen LogP) is 2.06. The molecule has 1 N–H and O–H groups in total. The van der Waals surface area contributed by atoms with Crippen LogP contribution in [0.3, 0.4) is 0 Å². The number of carbonyl (C=O) groups excluding carboxylic acids is 1. The van der Waals surface area contributed by atoms with Crippen molar-refractivity contribution < 1.29 is 14.7 Å². The lowest BCUT2D eigenvalue weighted by Gasteiger charge is -2.41. The molecule has 1 saturated heterocycles. The van der Waals surface area contributed by atoms with Crippen LogP contribution in [0.2, 0.25) is 0 Å². The second-order valence-electron chi connectivity index (χ2n) is 6.94. The summed E-state index contributed by atoms with van der Waals surface area (Å²) in [6.07, 6.45) is 0.699. The van der Waals surface area contributed by atoms with Gasteiger partial charge in [0.1, 0.15) is 0 Å². The Labute approximate surface area is 128 Å². The third-order valence-corrected chi connectivity index (χ3v) is 4.31. The van der Waals surface area contributed by atoms with Crippen LogP contribution in [0.4, 0.5) is 0 Å². The Morgan fingerprint density at radius 2 is 1.62 bits per heavy atom. The van der Waals surface area contributed by atoms with Crippen molar-refractivity contribution in [3.63, 3.8) is 0 Å². The Balaban J connectivity index is 2.83. The largest absolute Gasteiger partial charge is 0.481 e. The van der Waals surface area contributed by atoms with Crippen LogP contribution in [-0.2, 0) is 9.59 Å². The van der Waals surface area contributed by atoms with Gasteiger partial charge in [-0.25, -0.2) is 0 Å². The molecule has 1 aliphatic rings. The fraction of sp³-hybridized carbons (Fsp3) is 0.875. The number of carbonyl (C=O) groups is 2. The predicted molar refractivity (Wildman–Crippen MR) is 83.1 cm³/mol. The first-order valence-electron chi connectivity index (χ1n) is 7.94. The first-order chi connectivity index (χ1) is 9.65. The molecule has 1 aliphatic heterocycles. The molecule has 0 bridgehead atoms. The topological polar surface area (TPSA) is 60.9 Å². The van der Waals surface area contributed by atoms with E-state index in [0.29, 0.717) is 18.9 Å². The van der Waals surface area contributed by atoms with E-state index in [0.717, 1.165) is 6.54 Å². The highest BCUT2D eigenvalue weighted by molar-refractivity contribution is 5.82. The number of hydrogen-bond acceptors (Lipinski definition) is 3. The monoisotopic (exact) mass is 298 g/mol. The molecule has 0 saturated carbocycles. The van der Waals surface area contributed by atoms with Crippen molar-refractivity contribution >= 4 is 11.9 Å². The zero-order valence-electron chi connectivity index (χ0n) is 14.2. The Morgan fingerprint density at radius 1 is 1.10 bits per heavy atom. The number of amides is 1. The number of nitrogens with zero attached hydrogens (tertiary/aromatic N) is 2. The molecule has 3 unspecified atom stereocenters. The maximum Gasteiger partial charge on any atom is 0.307 e. The fourth-order valence-electron chi connectivity index (χ4n) is 3.37. The molecule has 5 heteroatoms. The van der Waals surface area contributed by atoms with Crippen LogP contribution < -0.4 is 0 Å².